The molecule has 0 atom stereocenters. The van der Waals surface area contributed by atoms with E-state index in [1.54, 1.807) is 10.6 Å². The number of fused-ring (bicyclic) bond motifs is 1. The largest absolute Gasteiger partial charge is 0.493 e. The van der Waals surface area contributed by atoms with Crippen LogP contribution in [0.2, 0.25) is 0 Å². The van der Waals surface area contributed by atoms with Gasteiger partial charge in [-0.3, -0.25) is 9.59 Å². The fourth-order valence-corrected chi connectivity index (χ4v) is 2.92. The summed E-state index contributed by atoms with van der Waals surface area (Å²) in [7, 11) is 0. The second kappa shape index (κ2) is 9.45. The molecule has 2 amide bonds. The van der Waals surface area contributed by atoms with Gasteiger partial charge in [0, 0.05) is 18.0 Å². The summed E-state index contributed by atoms with van der Waals surface area (Å²) in [5.41, 5.74) is 1.96. The second-order valence-corrected chi connectivity index (χ2v) is 6.40. The molecule has 2 aromatic carbocycles. The second-order valence-electron chi connectivity index (χ2n) is 6.40. The lowest BCUT2D eigenvalue weighted by Crippen LogP contribution is -2.26. The summed E-state index contributed by atoms with van der Waals surface area (Å²) >= 11 is 0. The van der Waals surface area contributed by atoms with E-state index >= 15 is 0 Å². The van der Waals surface area contributed by atoms with Gasteiger partial charge in [0.1, 0.15) is 6.54 Å². The first-order chi connectivity index (χ1) is 14.1. The maximum Gasteiger partial charge on any atom is 0.283 e. The van der Waals surface area contributed by atoms with Gasteiger partial charge in [-0.05, 0) is 24.1 Å². The summed E-state index contributed by atoms with van der Waals surface area (Å²) in [6.07, 6.45) is 3.84. The summed E-state index contributed by atoms with van der Waals surface area (Å²) in [4.78, 5) is 23.8. The van der Waals surface area contributed by atoms with Crippen molar-refractivity contribution in [2.75, 3.05) is 6.54 Å². The van der Waals surface area contributed by atoms with Gasteiger partial charge in [-0.25, -0.2) is 0 Å². The molecule has 3 aromatic rings. The number of aromatic hydroxyl groups is 1. The Labute approximate surface area is 168 Å². The molecule has 0 aliphatic heterocycles. The Hall–Kier alpha value is -3.74. The molecule has 7 nitrogen and oxygen atoms in total. The molecule has 0 fully saturated rings. The Bertz CT molecular complexity index is 1070. The van der Waals surface area contributed by atoms with Crippen LogP contribution in [0.4, 0.5) is 5.69 Å². The summed E-state index contributed by atoms with van der Waals surface area (Å²) in [6.45, 7) is 2.35. The molecule has 0 aliphatic carbocycles. The molecule has 0 saturated carbocycles. The van der Waals surface area contributed by atoms with E-state index in [9.17, 15) is 14.7 Å². The van der Waals surface area contributed by atoms with Crippen molar-refractivity contribution < 1.29 is 14.7 Å². The Morgan fingerprint density at radius 2 is 1.83 bits per heavy atom. The van der Waals surface area contributed by atoms with Gasteiger partial charge >= 0.3 is 0 Å². The number of rotatable bonds is 7. The number of aromatic nitrogens is 1. The number of benzene rings is 2. The topological polar surface area (TPSA) is 96.0 Å². The molecule has 148 valence electrons. The van der Waals surface area contributed by atoms with E-state index in [-0.39, 0.29) is 18.1 Å². The van der Waals surface area contributed by atoms with Gasteiger partial charge in [0.15, 0.2) is 5.69 Å². The minimum absolute atomic E-state index is 0.0283. The lowest BCUT2D eigenvalue weighted by atomic mass is 10.2. The van der Waals surface area contributed by atoms with E-state index in [2.05, 4.69) is 15.5 Å². The maximum atomic E-state index is 12.0. The van der Waals surface area contributed by atoms with Crippen LogP contribution < -0.4 is 5.32 Å². The molecule has 29 heavy (non-hydrogen) atoms. The molecular formula is C22H22N4O3. The average molecular weight is 390 g/mol. The van der Waals surface area contributed by atoms with E-state index in [1.807, 2.05) is 61.5 Å². The number of aryl methyl sites for hydroxylation is 1. The van der Waals surface area contributed by atoms with Crippen molar-refractivity contribution >= 4 is 34.5 Å². The normalized spacial score (nSPS) is 11.5. The SMILES string of the molecule is CCCn1c(O)c(N=NC(=O)CNC(=O)/C=C/c2ccccc2)c2ccccc21. The average Bonchev–Trinajstić information content (AvgIpc) is 3.01. The highest BCUT2D eigenvalue weighted by molar-refractivity contribution is 5.96. The molecule has 7 heteroatoms. The number of azo groups is 1. The Kier molecular flexibility index (Phi) is 6.52. The van der Waals surface area contributed by atoms with Crippen molar-refractivity contribution in [3.8, 4) is 5.88 Å². The van der Waals surface area contributed by atoms with Crippen LogP contribution in [0.3, 0.4) is 0 Å². The zero-order valence-electron chi connectivity index (χ0n) is 16.1. The van der Waals surface area contributed by atoms with Gasteiger partial charge in [-0.1, -0.05) is 55.5 Å². The molecule has 0 bridgehead atoms. The van der Waals surface area contributed by atoms with Crippen LogP contribution in [0.1, 0.15) is 18.9 Å². The van der Waals surface area contributed by atoms with Crippen molar-refractivity contribution in [1.29, 1.82) is 0 Å². The summed E-state index contributed by atoms with van der Waals surface area (Å²) < 4.78 is 1.74. The van der Waals surface area contributed by atoms with E-state index in [4.69, 9.17) is 0 Å². The lowest BCUT2D eigenvalue weighted by molar-refractivity contribution is -0.122. The number of amides is 2. The van der Waals surface area contributed by atoms with Crippen LogP contribution in [-0.2, 0) is 16.1 Å². The molecule has 0 saturated heterocycles. The smallest absolute Gasteiger partial charge is 0.283 e. The summed E-state index contributed by atoms with van der Waals surface area (Å²) in [6, 6.07) is 16.8. The van der Waals surface area contributed by atoms with Crippen molar-refractivity contribution in [2.24, 2.45) is 10.2 Å². The van der Waals surface area contributed by atoms with Crippen molar-refractivity contribution in [3.63, 3.8) is 0 Å². The molecule has 1 aromatic heterocycles. The zero-order valence-corrected chi connectivity index (χ0v) is 16.1. The minimum Gasteiger partial charge on any atom is -0.493 e. The number of hydrogen-bond acceptors (Lipinski definition) is 4. The van der Waals surface area contributed by atoms with Gasteiger partial charge in [-0.15, -0.1) is 10.2 Å². The quantitative estimate of drug-likeness (QED) is 0.467. The maximum absolute atomic E-state index is 12.0. The molecular weight excluding hydrogens is 368 g/mol. The summed E-state index contributed by atoms with van der Waals surface area (Å²) in [5.74, 6) is -1.04. The molecule has 2 N–H and O–H groups in total. The van der Waals surface area contributed by atoms with E-state index in [0.717, 1.165) is 17.5 Å². The highest BCUT2D eigenvalue weighted by atomic mass is 16.3. The van der Waals surface area contributed by atoms with Crippen molar-refractivity contribution in [1.82, 2.24) is 9.88 Å². The van der Waals surface area contributed by atoms with Crippen LogP contribution in [0, 0.1) is 0 Å². The van der Waals surface area contributed by atoms with E-state index in [1.165, 1.54) is 6.08 Å². The van der Waals surface area contributed by atoms with Crippen LogP contribution >= 0.6 is 0 Å². The number of hydrogen-bond donors (Lipinski definition) is 2. The zero-order chi connectivity index (χ0) is 20.6. The van der Waals surface area contributed by atoms with E-state index < -0.39 is 11.8 Å². The number of nitrogens with zero attached hydrogens (tertiary/aromatic N) is 3. The fraction of sp³-hybridized carbons (Fsp3) is 0.182. The third-order valence-corrected chi connectivity index (χ3v) is 4.27. The van der Waals surface area contributed by atoms with Crippen molar-refractivity contribution in [2.45, 2.75) is 19.9 Å². The highest BCUT2D eigenvalue weighted by Crippen LogP contribution is 2.38. The standard InChI is InChI=1S/C22H22N4O3/c1-2-14-26-18-11-7-6-10-17(18)21(22(26)29)25-24-20(28)15-23-19(27)13-12-16-8-4-3-5-9-16/h3-13,29H,2,14-15H2,1H3,(H,23,27)/b13-12+,25-24?. The van der Waals surface area contributed by atoms with Crippen LogP contribution in [0.15, 0.2) is 70.9 Å². The molecule has 3 rings (SSSR count). The number of carbonyl (C=O) groups excluding carboxylic acids is 2. The first-order valence-electron chi connectivity index (χ1n) is 9.36. The number of para-hydroxylation sites is 1. The monoisotopic (exact) mass is 390 g/mol. The highest BCUT2D eigenvalue weighted by Gasteiger charge is 2.16. The van der Waals surface area contributed by atoms with Crippen LogP contribution in [0.5, 0.6) is 5.88 Å². The Balaban J connectivity index is 1.64. The predicted octanol–water partition coefficient (Wildman–Crippen LogP) is 4.20. The molecule has 0 spiro atoms. The van der Waals surface area contributed by atoms with Gasteiger partial charge in [0.05, 0.1) is 5.52 Å². The first-order valence-corrected chi connectivity index (χ1v) is 9.36. The minimum atomic E-state index is -0.613. The lowest BCUT2D eigenvalue weighted by Gasteiger charge is -2.03. The third-order valence-electron chi connectivity index (χ3n) is 4.27. The number of nitrogens with one attached hydrogen (secondary N) is 1. The third kappa shape index (κ3) is 4.95. The molecule has 0 aliphatic rings. The van der Waals surface area contributed by atoms with Gasteiger partial charge < -0.3 is 15.0 Å². The number of carbonyl (C=O) groups is 2. The molecule has 0 radical (unpaired) electrons. The van der Waals surface area contributed by atoms with Crippen LogP contribution in [-0.4, -0.2) is 28.0 Å². The Morgan fingerprint density at radius 3 is 2.59 bits per heavy atom. The van der Waals surface area contributed by atoms with Crippen molar-refractivity contribution in [3.05, 3.63) is 66.2 Å². The Morgan fingerprint density at radius 1 is 1.10 bits per heavy atom. The first kappa shape index (κ1) is 20.0. The van der Waals surface area contributed by atoms with Gasteiger partial charge in [0.25, 0.3) is 5.91 Å². The molecule has 1 heterocycles. The summed E-state index contributed by atoms with van der Waals surface area (Å²) in [5, 5.41) is 21.2. The van der Waals surface area contributed by atoms with Gasteiger partial charge in [-0.2, -0.15) is 0 Å². The van der Waals surface area contributed by atoms with Crippen LogP contribution in [0.25, 0.3) is 17.0 Å². The molecule has 0 unspecified atom stereocenters. The predicted molar refractivity (Wildman–Crippen MR) is 112 cm³/mol. The fourth-order valence-electron chi connectivity index (χ4n) is 2.92. The van der Waals surface area contributed by atoms with Gasteiger partial charge in [0.2, 0.25) is 11.8 Å². The van der Waals surface area contributed by atoms with E-state index in [0.29, 0.717) is 11.9 Å².